The van der Waals surface area contributed by atoms with Crippen molar-refractivity contribution in [2.24, 2.45) is 5.92 Å². The molecule has 0 unspecified atom stereocenters. The van der Waals surface area contributed by atoms with Gasteiger partial charge in [0.15, 0.2) is 5.13 Å². The van der Waals surface area contributed by atoms with Crippen LogP contribution in [-0.2, 0) is 9.59 Å². The van der Waals surface area contributed by atoms with E-state index in [9.17, 15) is 19.7 Å². The lowest BCUT2D eigenvalue weighted by Crippen LogP contribution is -2.41. The number of likely N-dealkylation sites (tertiary alicyclic amines) is 1. The molecule has 1 aliphatic heterocycles. The lowest BCUT2D eigenvalue weighted by atomic mass is 9.96. The van der Waals surface area contributed by atoms with Crippen molar-refractivity contribution in [1.29, 1.82) is 0 Å². The number of carbonyl (C=O) groups is 2. The average Bonchev–Trinajstić information content (AvgIpc) is 3.14. The zero-order chi connectivity index (χ0) is 23.5. The number of nitro benzene ring substituents is 1. The minimum Gasteiger partial charge on any atom is -0.325 e. The number of nitrogens with zero attached hydrogens (tertiary/aromatic N) is 3. The van der Waals surface area contributed by atoms with Crippen LogP contribution in [0.25, 0.3) is 10.2 Å². The lowest BCUT2D eigenvalue weighted by molar-refractivity contribution is -0.384. The van der Waals surface area contributed by atoms with Crippen LogP contribution in [0, 0.1) is 29.9 Å². The predicted octanol–water partition coefficient (Wildman–Crippen LogP) is 4.11. The Kier molecular flexibility index (Phi) is 6.66. The highest BCUT2D eigenvalue weighted by Gasteiger charge is 2.26. The summed E-state index contributed by atoms with van der Waals surface area (Å²) in [6.07, 6.45) is 1.30. The van der Waals surface area contributed by atoms with Gasteiger partial charge in [0.1, 0.15) is 0 Å². The number of benzene rings is 2. The molecule has 172 valence electrons. The van der Waals surface area contributed by atoms with E-state index in [-0.39, 0.29) is 30.0 Å². The number of anilines is 2. The van der Waals surface area contributed by atoms with Gasteiger partial charge in [-0.3, -0.25) is 24.6 Å². The first kappa shape index (κ1) is 22.8. The largest absolute Gasteiger partial charge is 0.325 e. The number of amides is 2. The molecule has 0 radical (unpaired) electrons. The molecule has 3 aromatic rings. The van der Waals surface area contributed by atoms with Crippen molar-refractivity contribution in [3.8, 4) is 0 Å². The topological polar surface area (TPSA) is 117 Å². The fraction of sp³-hybridized carbons (Fsp3) is 0.348. The van der Waals surface area contributed by atoms with E-state index in [0.717, 1.165) is 16.8 Å². The Bertz CT molecular complexity index is 1200. The molecule has 10 heteroatoms. The third kappa shape index (κ3) is 5.71. The fourth-order valence-corrected chi connectivity index (χ4v) is 4.99. The normalized spacial score (nSPS) is 14.8. The molecule has 1 aliphatic rings. The van der Waals surface area contributed by atoms with Gasteiger partial charge in [-0.05, 0) is 69.1 Å². The van der Waals surface area contributed by atoms with Gasteiger partial charge in [0.2, 0.25) is 11.8 Å². The van der Waals surface area contributed by atoms with Gasteiger partial charge in [-0.25, -0.2) is 4.98 Å². The first-order chi connectivity index (χ1) is 15.8. The number of hydrogen-bond donors (Lipinski definition) is 2. The van der Waals surface area contributed by atoms with E-state index in [4.69, 9.17) is 0 Å². The summed E-state index contributed by atoms with van der Waals surface area (Å²) in [5.41, 5.74) is 3.61. The van der Waals surface area contributed by atoms with Gasteiger partial charge in [0.25, 0.3) is 5.69 Å². The van der Waals surface area contributed by atoms with Crippen LogP contribution in [0.5, 0.6) is 0 Å². The van der Waals surface area contributed by atoms with Crippen molar-refractivity contribution in [3.05, 3.63) is 57.6 Å². The summed E-state index contributed by atoms with van der Waals surface area (Å²) < 4.78 is 0.657. The Morgan fingerprint density at radius 2 is 1.82 bits per heavy atom. The molecule has 2 amide bonds. The molecule has 2 aromatic carbocycles. The second-order valence-corrected chi connectivity index (χ2v) is 9.42. The van der Waals surface area contributed by atoms with Crippen LogP contribution in [0.2, 0.25) is 0 Å². The molecular weight excluding hydrogens is 442 g/mol. The van der Waals surface area contributed by atoms with Gasteiger partial charge in [-0.15, -0.1) is 0 Å². The molecule has 1 aromatic heterocycles. The monoisotopic (exact) mass is 467 g/mol. The summed E-state index contributed by atoms with van der Waals surface area (Å²) >= 11 is 1.22. The molecule has 0 saturated carbocycles. The number of nitrogens with one attached hydrogen (secondary N) is 2. The average molecular weight is 468 g/mol. The van der Waals surface area contributed by atoms with Gasteiger partial charge < -0.3 is 10.6 Å². The summed E-state index contributed by atoms with van der Waals surface area (Å²) in [6, 6.07) is 10.4. The highest BCUT2D eigenvalue weighted by Crippen LogP contribution is 2.30. The number of piperidine rings is 1. The molecule has 0 aliphatic carbocycles. The first-order valence-corrected chi connectivity index (χ1v) is 11.5. The maximum atomic E-state index is 12.7. The molecule has 0 atom stereocenters. The number of carbonyl (C=O) groups excluding carboxylic acids is 2. The van der Waals surface area contributed by atoms with Gasteiger partial charge in [-0.2, -0.15) is 0 Å². The second-order valence-electron chi connectivity index (χ2n) is 8.39. The molecule has 2 N–H and O–H groups in total. The van der Waals surface area contributed by atoms with Crippen molar-refractivity contribution in [3.63, 3.8) is 0 Å². The standard InChI is InChI=1S/C23H25N5O4S/c1-14-9-15(2)11-17(10-14)24-21(29)13-27-7-5-16(6-8-27)22(30)26-23-25-19-4-3-18(28(31)32)12-20(19)33-23/h3-4,9-12,16H,5-8,13H2,1-2H3,(H,24,29)(H,25,26,30). The quantitative estimate of drug-likeness (QED) is 0.416. The molecule has 33 heavy (non-hydrogen) atoms. The summed E-state index contributed by atoms with van der Waals surface area (Å²) in [5.74, 6) is -0.334. The Morgan fingerprint density at radius 1 is 1.12 bits per heavy atom. The molecular formula is C23H25N5O4S. The van der Waals surface area contributed by atoms with Crippen LogP contribution in [0.1, 0.15) is 24.0 Å². The van der Waals surface area contributed by atoms with Crippen LogP contribution in [0.15, 0.2) is 36.4 Å². The molecule has 1 saturated heterocycles. The summed E-state index contributed by atoms with van der Waals surface area (Å²) in [7, 11) is 0. The van der Waals surface area contributed by atoms with E-state index in [1.54, 1.807) is 6.07 Å². The molecule has 0 spiro atoms. The number of non-ortho nitro benzene ring substituents is 1. The molecule has 0 bridgehead atoms. The van der Waals surface area contributed by atoms with E-state index in [0.29, 0.717) is 41.3 Å². The van der Waals surface area contributed by atoms with Crippen molar-refractivity contribution < 1.29 is 14.5 Å². The van der Waals surface area contributed by atoms with Gasteiger partial charge in [-0.1, -0.05) is 17.4 Å². The lowest BCUT2D eigenvalue weighted by Gasteiger charge is -2.30. The predicted molar refractivity (Wildman–Crippen MR) is 129 cm³/mol. The highest BCUT2D eigenvalue weighted by atomic mass is 32.1. The third-order valence-corrected chi connectivity index (χ3v) is 6.58. The summed E-state index contributed by atoms with van der Waals surface area (Å²) in [4.78, 5) is 42.0. The minimum atomic E-state index is -0.451. The van der Waals surface area contributed by atoms with Crippen LogP contribution < -0.4 is 10.6 Å². The van der Waals surface area contributed by atoms with Crippen molar-refractivity contribution >= 4 is 49.9 Å². The van der Waals surface area contributed by atoms with E-state index in [1.807, 2.05) is 26.0 Å². The Morgan fingerprint density at radius 3 is 2.48 bits per heavy atom. The van der Waals surface area contributed by atoms with Crippen molar-refractivity contribution in [2.45, 2.75) is 26.7 Å². The Labute approximate surface area is 195 Å². The number of fused-ring (bicyclic) bond motifs is 1. The Hall–Kier alpha value is -3.37. The third-order valence-electron chi connectivity index (χ3n) is 5.64. The number of nitro groups is 1. The first-order valence-electron chi connectivity index (χ1n) is 10.7. The highest BCUT2D eigenvalue weighted by molar-refractivity contribution is 7.22. The van der Waals surface area contributed by atoms with Crippen LogP contribution in [0.4, 0.5) is 16.5 Å². The number of thiazole rings is 1. The Balaban J connectivity index is 1.27. The SMILES string of the molecule is Cc1cc(C)cc(NC(=O)CN2CCC(C(=O)Nc3nc4ccc([N+](=O)[O-])cc4s3)CC2)c1. The fourth-order valence-electron chi connectivity index (χ4n) is 4.09. The number of hydrogen-bond acceptors (Lipinski definition) is 7. The summed E-state index contributed by atoms with van der Waals surface area (Å²) in [6.45, 7) is 5.60. The van der Waals surface area contributed by atoms with Gasteiger partial charge >= 0.3 is 0 Å². The summed E-state index contributed by atoms with van der Waals surface area (Å²) in [5, 5.41) is 17.2. The van der Waals surface area contributed by atoms with E-state index >= 15 is 0 Å². The maximum Gasteiger partial charge on any atom is 0.270 e. The number of aryl methyl sites for hydroxylation is 2. The maximum absolute atomic E-state index is 12.7. The van der Waals surface area contributed by atoms with Crippen molar-refractivity contribution in [1.82, 2.24) is 9.88 Å². The smallest absolute Gasteiger partial charge is 0.270 e. The van der Waals surface area contributed by atoms with Crippen LogP contribution >= 0.6 is 11.3 Å². The number of aromatic nitrogens is 1. The number of rotatable bonds is 6. The minimum absolute atomic E-state index is 0.00188. The van der Waals surface area contributed by atoms with Gasteiger partial charge in [0, 0.05) is 23.7 Å². The molecule has 2 heterocycles. The molecule has 4 rings (SSSR count). The second kappa shape index (κ2) is 9.63. The van der Waals surface area contributed by atoms with E-state index < -0.39 is 4.92 Å². The van der Waals surface area contributed by atoms with E-state index in [2.05, 4.69) is 26.6 Å². The zero-order valence-electron chi connectivity index (χ0n) is 18.5. The molecule has 1 fully saturated rings. The molecule has 9 nitrogen and oxygen atoms in total. The zero-order valence-corrected chi connectivity index (χ0v) is 19.3. The van der Waals surface area contributed by atoms with Crippen LogP contribution in [0.3, 0.4) is 0 Å². The van der Waals surface area contributed by atoms with Crippen molar-refractivity contribution in [2.75, 3.05) is 30.3 Å². The van der Waals surface area contributed by atoms with Crippen LogP contribution in [-0.4, -0.2) is 46.3 Å². The van der Waals surface area contributed by atoms with Gasteiger partial charge in [0.05, 0.1) is 21.7 Å². The van der Waals surface area contributed by atoms with E-state index in [1.165, 1.54) is 23.5 Å².